The van der Waals surface area contributed by atoms with Crippen molar-refractivity contribution in [2.24, 2.45) is 0 Å². The van der Waals surface area contributed by atoms with Gasteiger partial charge in [0.25, 0.3) is 0 Å². The van der Waals surface area contributed by atoms with E-state index in [1.165, 1.54) is 27.7 Å². The number of anilines is 1. The van der Waals surface area contributed by atoms with E-state index in [4.69, 9.17) is 0 Å². The zero-order chi connectivity index (χ0) is 19.3. The van der Waals surface area contributed by atoms with Gasteiger partial charge in [0.1, 0.15) is 5.01 Å². The van der Waals surface area contributed by atoms with Crippen LogP contribution in [0.25, 0.3) is 10.8 Å². The van der Waals surface area contributed by atoms with Crippen molar-refractivity contribution >= 4 is 33.1 Å². The van der Waals surface area contributed by atoms with E-state index in [1.54, 1.807) is 0 Å². The van der Waals surface area contributed by atoms with Crippen LogP contribution in [0.5, 0.6) is 0 Å². The van der Waals surface area contributed by atoms with Gasteiger partial charge in [0, 0.05) is 32.7 Å². The van der Waals surface area contributed by atoms with E-state index < -0.39 is 0 Å². The Kier molecular flexibility index (Phi) is 5.95. The lowest BCUT2D eigenvalue weighted by molar-refractivity contribution is -0.117. The van der Waals surface area contributed by atoms with Crippen LogP contribution in [0, 0.1) is 0 Å². The van der Waals surface area contributed by atoms with Crippen LogP contribution in [-0.4, -0.2) is 58.6 Å². The Hall–Kier alpha value is -2.35. The first-order chi connectivity index (χ1) is 13.7. The van der Waals surface area contributed by atoms with Gasteiger partial charge in [-0.25, -0.2) is 0 Å². The van der Waals surface area contributed by atoms with Gasteiger partial charge in [0.05, 0.1) is 6.54 Å². The van der Waals surface area contributed by atoms with Crippen molar-refractivity contribution in [1.29, 1.82) is 0 Å². The molecule has 0 aliphatic carbocycles. The Balaban J connectivity index is 1.28. The molecule has 0 saturated carbocycles. The maximum Gasteiger partial charge on any atom is 0.240 e. The maximum atomic E-state index is 12.3. The lowest BCUT2D eigenvalue weighted by Crippen LogP contribution is -2.48. The molecular formula is C21H25N5OS. The fraction of sp³-hybridized carbons (Fsp3) is 0.381. The normalized spacial score (nSPS) is 15.8. The number of carbonyl (C=O) groups excluding carboxylic acids is 1. The molecule has 0 radical (unpaired) electrons. The zero-order valence-electron chi connectivity index (χ0n) is 16.1. The first kappa shape index (κ1) is 19.0. The van der Waals surface area contributed by atoms with Crippen LogP contribution in [0.2, 0.25) is 0 Å². The molecule has 0 spiro atoms. The number of rotatable bonds is 6. The molecule has 1 fully saturated rings. The second-order valence-corrected chi connectivity index (χ2v) is 8.16. The molecule has 1 saturated heterocycles. The summed E-state index contributed by atoms with van der Waals surface area (Å²) in [5.74, 6) is -0.0127. The Morgan fingerprint density at radius 3 is 2.57 bits per heavy atom. The van der Waals surface area contributed by atoms with E-state index >= 15 is 0 Å². The van der Waals surface area contributed by atoms with Crippen LogP contribution in [-0.2, 0) is 17.8 Å². The third-order valence-corrected chi connectivity index (χ3v) is 6.10. The second kappa shape index (κ2) is 8.77. The SMILES string of the molecule is CCc1nnc(NC(=O)CN2CCN(Cc3cccc4ccccc34)CC2)s1. The molecule has 7 heteroatoms. The van der Waals surface area contributed by atoms with Crippen LogP contribution in [0.1, 0.15) is 17.5 Å². The van der Waals surface area contributed by atoms with Crippen molar-refractivity contribution in [3.05, 3.63) is 53.0 Å². The van der Waals surface area contributed by atoms with Crippen molar-refractivity contribution < 1.29 is 4.79 Å². The monoisotopic (exact) mass is 395 g/mol. The van der Waals surface area contributed by atoms with Crippen molar-refractivity contribution in [3.63, 3.8) is 0 Å². The number of benzene rings is 2. The third kappa shape index (κ3) is 4.55. The van der Waals surface area contributed by atoms with Crippen LogP contribution < -0.4 is 5.32 Å². The molecule has 0 bridgehead atoms. The smallest absolute Gasteiger partial charge is 0.240 e. The minimum Gasteiger partial charge on any atom is -0.299 e. The molecule has 1 N–H and O–H groups in total. The molecule has 1 aromatic heterocycles. The Labute approximate surface area is 169 Å². The van der Waals surface area contributed by atoms with E-state index in [0.717, 1.165) is 44.2 Å². The van der Waals surface area contributed by atoms with Gasteiger partial charge < -0.3 is 0 Å². The fourth-order valence-corrected chi connectivity index (χ4v) is 4.28. The highest BCUT2D eigenvalue weighted by molar-refractivity contribution is 7.15. The second-order valence-electron chi connectivity index (χ2n) is 7.09. The van der Waals surface area contributed by atoms with Crippen LogP contribution in [0.15, 0.2) is 42.5 Å². The summed E-state index contributed by atoms with van der Waals surface area (Å²) in [5.41, 5.74) is 1.37. The Morgan fingerprint density at radius 2 is 1.79 bits per heavy atom. The summed E-state index contributed by atoms with van der Waals surface area (Å²) in [6.07, 6.45) is 0.839. The average Bonchev–Trinajstić information content (AvgIpc) is 3.17. The van der Waals surface area contributed by atoms with Crippen LogP contribution in [0.4, 0.5) is 5.13 Å². The van der Waals surface area contributed by atoms with E-state index in [2.05, 4.69) is 67.8 Å². The number of hydrogen-bond donors (Lipinski definition) is 1. The third-order valence-electron chi connectivity index (χ3n) is 5.12. The molecule has 0 atom stereocenters. The molecule has 0 unspecified atom stereocenters. The fourth-order valence-electron chi connectivity index (χ4n) is 3.59. The number of aromatic nitrogens is 2. The van der Waals surface area contributed by atoms with E-state index in [0.29, 0.717) is 11.7 Å². The van der Waals surface area contributed by atoms with E-state index in [9.17, 15) is 4.79 Å². The number of nitrogens with one attached hydrogen (secondary N) is 1. The van der Waals surface area contributed by atoms with Crippen molar-refractivity contribution in [2.75, 3.05) is 38.0 Å². The molecular weight excluding hydrogens is 370 g/mol. The van der Waals surface area contributed by atoms with Gasteiger partial charge in [-0.3, -0.25) is 19.9 Å². The molecule has 28 heavy (non-hydrogen) atoms. The maximum absolute atomic E-state index is 12.3. The number of amides is 1. The number of carbonyl (C=O) groups is 1. The number of piperazine rings is 1. The van der Waals surface area contributed by atoms with Gasteiger partial charge >= 0.3 is 0 Å². The molecule has 146 valence electrons. The van der Waals surface area contributed by atoms with Gasteiger partial charge in [-0.05, 0) is 22.8 Å². The summed E-state index contributed by atoms with van der Waals surface area (Å²) < 4.78 is 0. The lowest BCUT2D eigenvalue weighted by Gasteiger charge is -2.34. The number of hydrogen-bond acceptors (Lipinski definition) is 6. The van der Waals surface area contributed by atoms with Gasteiger partial charge in [0.15, 0.2) is 0 Å². The quantitative estimate of drug-likeness (QED) is 0.695. The predicted molar refractivity (Wildman–Crippen MR) is 114 cm³/mol. The van der Waals surface area contributed by atoms with E-state index in [1.807, 2.05) is 6.92 Å². The number of fused-ring (bicyclic) bond motifs is 1. The molecule has 2 heterocycles. The highest BCUT2D eigenvalue weighted by Gasteiger charge is 2.20. The summed E-state index contributed by atoms with van der Waals surface area (Å²) in [7, 11) is 0. The molecule has 1 aliphatic heterocycles. The van der Waals surface area contributed by atoms with Crippen LogP contribution >= 0.6 is 11.3 Å². The highest BCUT2D eigenvalue weighted by atomic mass is 32.1. The number of aryl methyl sites for hydroxylation is 1. The first-order valence-corrected chi connectivity index (χ1v) is 10.6. The van der Waals surface area contributed by atoms with Crippen molar-refractivity contribution in [3.8, 4) is 0 Å². The summed E-state index contributed by atoms with van der Waals surface area (Å²) in [6, 6.07) is 15.1. The minimum atomic E-state index is -0.0127. The standard InChI is InChI=1S/C21H25N5OS/c1-2-20-23-24-21(28-20)22-19(27)15-26-12-10-25(11-13-26)14-17-8-5-7-16-6-3-4-9-18(16)17/h3-9H,2,10-15H2,1H3,(H,22,24,27). The molecule has 1 amide bonds. The largest absolute Gasteiger partial charge is 0.299 e. The highest BCUT2D eigenvalue weighted by Crippen LogP contribution is 2.20. The molecule has 3 aromatic rings. The topological polar surface area (TPSA) is 61.4 Å². The summed E-state index contributed by atoms with van der Waals surface area (Å²) in [6.45, 7) is 7.12. The van der Waals surface area contributed by atoms with Gasteiger partial charge in [0.2, 0.25) is 11.0 Å². The Morgan fingerprint density at radius 1 is 1.04 bits per heavy atom. The van der Waals surface area contributed by atoms with Gasteiger partial charge in [-0.1, -0.05) is 60.7 Å². The molecule has 2 aromatic carbocycles. The summed E-state index contributed by atoms with van der Waals surface area (Å²) >= 11 is 1.44. The van der Waals surface area contributed by atoms with Crippen molar-refractivity contribution in [2.45, 2.75) is 19.9 Å². The molecule has 1 aliphatic rings. The average molecular weight is 396 g/mol. The van der Waals surface area contributed by atoms with E-state index in [-0.39, 0.29) is 5.91 Å². The predicted octanol–water partition coefficient (Wildman–Crippen LogP) is 3.01. The Bertz CT molecular complexity index is 943. The first-order valence-electron chi connectivity index (χ1n) is 9.75. The molecule has 6 nitrogen and oxygen atoms in total. The summed E-state index contributed by atoms with van der Waals surface area (Å²) in [4.78, 5) is 16.9. The molecule has 4 rings (SSSR count). The lowest BCUT2D eigenvalue weighted by atomic mass is 10.0. The van der Waals surface area contributed by atoms with Crippen molar-refractivity contribution in [1.82, 2.24) is 20.0 Å². The van der Waals surface area contributed by atoms with Gasteiger partial charge in [-0.2, -0.15) is 0 Å². The van der Waals surface area contributed by atoms with Crippen LogP contribution in [0.3, 0.4) is 0 Å². The summed E-state index contributed by atoms with van der Waals surface area (Å²) in [5, 5.41) is 15.1. The minimum absolute atomic E-state index is 0.0127. The number of nitrogens with zero attached hydrogens (tertiary/aromatic N) is 4. The zero-order valence-corrected chi connectivity index (χ0v) is 16.9. The van der Waals surface area contributed by atoms with Gasteiger partial charge in [-0.15, -0.1) is 10.2 Å².